The number of hydrogen-bond donors (Lipinski definition) is 2. The summed E-state index contributed by atoms with van der Waals surface area (Å²) in [4.78, 5) is 26.0. The van der Waals surface area contributed by atoms with Gasteiger partial charge in [0.15, 0.2) is 0 Å². The number of thioether (sulfide) groups is 2. The number of hydrazine groups is 1. The van der Waals surface area contributed by atoms with Crippen molar-refractivity contribution >= 4 is 46.9 Å². The predicted molar refractivity (Wildman–Crippen MR) is 105 cm³/mol. The van der Waals surface area contributed by atoms with E-state index in [1.807, 2.05) is 24.3 Å². The molecule has 0 radical (unpaired) electrons. The minimum atomic E-state index is -0.325. The van der Waals surface area contributed by atoms with E-state index in [0.29, 0.717) is 15.8 Å². The van der Waals surface area contributed by atoms with Crippen molar-refractivity contribution in [3.05, 3.63) is 59.1 Å². The van der Waals surface area contributed by atoms with Gasteiger partial charge in [-0.1, -0.05) is 37.6 Å². The number of benzene rings is 2. The van der Waals surface area contributed by atoms with Crippen molar-refractivity contribution in [2.45, 2.75) is 28.9 Å². The van der Waals surface area contributed by atoms with E-state index in [1.54, 1.807) is 36.0 Å². The number of nitrogens with one attached hydrogen (secondary N) is 2. The first kappa shape index (κ1) is 19.7. The Morgan fingerprint density at radius 3 is 2.40 bits per heavy atom. The number of carbonyl (C=O) groups is 2. The average molecular weight is 395 g/mol. The molecular formula is C18H19ClN2O2S2. The van der Waals surface area contributed by atoms with Crippen LogP contribution in [-0.2, 0) is 4.79 Å². The molecule has 0 saturated heterocycles. The molecule has 0 aromatic heterocycles. The first-order valence-electron chi connectivity index (χ1n) is 7.69. The van der Waals surface area contributed by atoms with Crippen molar-refractivity contribution in [1.29, 1.82) is 0 Å². The van der Waals surface area contributed by atoms with Gasteiger partial charge in [-0.3, -0.25) is 20.4 Å². The van der Waals surface area contributed by atoms with Crippen molar-refractivity contribution < 1.29 is 9.59 Å². The third kappa shape index (κ3) is 6.65. The molecule has 0 aliphatic heterocycles. The third-order valence-corrected chi connectivity index (χ3v) is 5.34. The zero-order valence-corrected chi connectivity index (χ0v) is 16.3. The molecule has 2 rings (SSSR count). The van der Waals surface area contributed by atoms with Crippen molar-refractivity contribution in [2.24, 2.45) is 0 Å². The van der Waals surface area contributed by atoms with Gasteiger partial charge in [-0.05, 0) is 36.4 Å². The molecule has 0 unspecified atom stereocenters. The van der Waals surface area contributed by atoms with Gasteiger partial charge in [0.2, 0.25) is 5.91 Å². The van der Waals surface area contributed by atoms with Gasteiger partial charge in [-0.2, -0.15) is 0 Å². The van der Waals surface area contributed by atoms with E-state index in [0.717, 1.165) is 9.79 Å². The number of amides is 2. The van der Waals surface area contributed by atoms with E-state index in [9.17, 15) is 9.59 Å². The van der Waals surface area contributed by atoms with Gasteiger partial charge in [0.25, 0.3) is 5.91 Å². The fourth-order valence-corrected chi connectivity index (χ4v) is 3.70. The average Bonchev–Trinajstić information content (AvgIpc) is 2.59. The van der Waals surface area contributed by atoms with Crippen molar-refractivity contribution in [1.82, 2.24) is 10.9 Å². The second-order valence-corrected chi connectivity index (χ2v) is 8.51. The van der Waals surface area contributed by atoms with Crippen LogP contribution in [0.1, 0.15) is 24.2 Å². The lowest BCUT2D eigenvalue weighted by Gasteiger charge is -2.12. The molecular weight excluding hydrogens is 376 g/mol. The van der Waals surface area contributed by atoms with Crippen LogP contribution in [0.3, 0.4) is 0 Å². The molecule has 4 nitrogen and oxygen atoms in total. The Balaban J connectivity index is 1.85. The minimum Gasteiger partial charge on any atom is -0.272 e. The molecule has 0 saturated carbocycles. The molecule has 132 valence electrons. The van der Waals surface area contributed by atoms with E-state index in [2.05, 4.69) is 24.7 Å². The third-order valence-electron chi connectivity index (χ3n) is 2.99. The van der Waals surface area contributed by atoms with Gasteiger partial charge in [0.1, 0.15) is 0 Å². The second kappa shape index (κ2) is 9.75. The Kier molecular flexibility index (Phi) is 7.68. The summed E-state index contributed by atoms with van der Waals surface area (Å²) in [5.41, 5.74) is 5.47. The highest BCUT2D eigenvalue weighted by Gasteiger charge is 2.13. The van der Waals surface area contributed by atoms with Crippen LogP contribution < -0.4 is 10.9 Å². The molecule has 0 atom stereocenters. The highest BCUT2D eigenvalue weighted by molar-refractivity contribution is 8.00. The summed E-state index contributed by atoms with van der Waals surface area (Å²) in [5.74, 6) is -0.402. The van der Waals surface area contributed by atoms with E-state index >= 15 is 0 Å². The summed E-state index contributed by atoms with van der Waals surface area (Å²) >= 11 is 8.80. The molecule has 0 fully saturated rings. The zero-order chi connectivity index (χ0) is 18.2. The van der Waals surface area contributed by atoms with Crippen LogP contribution in [0.4, 0.5) is 0 Å². The van der Waals surface area contributed by atoms with Crippen LogP contribution in [-0.4, -0.2) is 22.8 Å². The smallest absolute Gasteiger partial charge is 0.270 e. The van der Waals surface area contributed by atoms with Gasteiger partial charge < -0.3 is 0 Å². The molecule has 2 amide bonds. The van der Waals surface area contributed by atoms with Gasteiger partial charge in [-0.15, -0.1) is 23.5 Å². The fraction of sp³-hybridized carbons (Fsp3) is 0.222. The quantitative estimate of drug-likeness (QED) is 0.563. The summed E-state index contributed by atoms with van der Waals surface area (Å²) in [5, 5.41) is 1.01. The minimum absolute atomic E-state index is 0.199. The molecule has 25 heavy (non-hydrogen) atoms. The molecule has 0 heterocycles. The number of hydrogen-bond acceptors (Lipinski definition) is 4. The van der Waals surface area contributed by atoms with Gasteiger partial charge in [-0.25, -0.2) is 0 Å². The Bertz CT molecular complexity index is 736. The monoisotopic (exact) mass is 394 g/mol. The number of rotatable bonds is 6. The first-order chi connectivity index (χ1) is 12.0. The lowest BCUT2D eigenvalue weighted by atomic mass is 10.2. The first-order valence-corrected chi connectivity index (χ1v) is 9.93. The summed E-state index contributed by atoms with van der Waals surface area (Å²) < 4.78 is 0. The summed E-state index contributed by atoms with van der Waals surface area (Å²) in [6.45, 7) is 4.13. The Morgan fingerprint density at radius 1 is 1.04 bits per heavy atom. The van der Waals surface area contributed by atoms with Crippen molar-refractivity contribution in [3.8, 4) is 0 Å². The van der Waals surface area contributed by atoms with Crippen LogP contribution in [0, 0.1) is 0 Å². The highest BCUT2D eigenvalue weighted by Crippen LogP contribution is 2.26. The molecule has 2 N–H and O–H groups in total. The molecule has 0 aliphatic rings. The summed E-state index contributed by atoms with van der Waals surface area (Å²) in [6, 6.07) is 14.6. The topological polar surface area (TPSA) is 58.2 Å². The molecule has 2 aromatic rings. The molecule has 0 aliphatic carbocycles. The van der Waals surface area contributed by atoms with Crippen molar-refractivity contribution in [3.63, 3.8) is 0 Å². The van der Waals surface area contributed by atoms with E-state index in [4.69, 9.17) is 11.6 Å². The van der Waals surface area contributed by atoms with Gasteiger partial charge in [0, 0.05) is 20.1 Å². The number of carbonyl (C=O) groups excluding carboxylic acids is 2. The van der Waals surface area contributed by atoms with Crippen LogP contribution >= 0.6 is 35.1 Å². The second-order valence-electron chi connectivity index (χ2n) is 5.41. The molecule has 0 bridgehead atoms. The largest absolute Gasteiger partial charge is 0.272 e. The lowest BCUT2D eigenvalue weighted by Crippen LogP contribution is -2.42. The Labute approximate surface area is 161 Å². The van der Waals surface area contributed by atoms with Crippen LogP contribution in [0.2, 0.25) is 5.02 Å². The highest BCUT2D eigenvalue weighted by atomic mass is 35.5. The van der Waals surface area contributed by atoms with E-state index in [1.165, 1.54) is 11.8 Å². The van der Waals surface area contributed by atoms with Crippen LogP contribution in [0.15, 0.2) is 58.3 Å². The van der Waals surface area contributed by atoms with E-state index in [-0.39, 0.29) is 17.6 Å². The van der Waals surface area contributed by atoms with Gasteiger partial charge in [0.05, 0.1) is 11.3 Å². The summed E-state index contributed by atoms with van der Waals surface area (Å²) in [7, 11) is 0. The predicted octanol–water partition coefficient (Wildman–Crippen LogP) is 4.39. The zero-order valence-electron chi connectivity index (χ0n) is 13.9. The van der Waals surface area contributed by atoms with Gasteiger partial charge >= 0.3 is 0 Å². The maximum Gasteiger partial charge on any atom is 0.270 e. The summed E-state index contributed by atoms with van der Waals surface area (Å²) in [6.07, 6.45) is 0. The maximum atomic E-state index is 12.3. The Morgan fingerprint density at radius 2 is 1.72 bits per heavy atom. The molecule has 2 aromatic carbocycles. The standard InChI is InChI=1S/C18H19ClN2O2S2/c1-12(2)25-16-6-4-3-5-15(16)18(23)21-20-17(22)11-24-14-9-7-13(19)8-10-14/h3-10,12H,11H2,1-2H3,(H,20,22)(H,21,23). The maximum absolute atomic E-state index is 12.3. The van der Waals surface area contributed by atoms with Crippen LogP contribution in [0.5, 0.6) is 0 Å². The van der Waals surface area contributed by atoms with E-state index < -0.39 is 0 Å². The SMILES string of the molecule is CC(C)Sc1ccccc1C(=O)NNC(=O)CSc1ccc(Cl)cc1. The Hall–Kier alpha value is -1.63. The van der Waals surface area contributed by atoms with Crippen LogP contribution in [0.25, 0.3) is 0 Å². The lowest BCUT2D eigenvalue weighted by molar-refractivity contribution is -0.119. The van der Waals surface area contributed by atoms with Crippen molar-refractivity contribution in [2.75, 3.05) is 5.75 Å². The normalized spacial score (nSPS) is 10.6. The number of halogens is 1. The fourth-order valence-electron chi connectivity index (χ4n) is 1.92. The molecule has 0 spiro atoms. The molecule has 7 heteroatoms.